The lowest BCUT2D eigenvalue weighted by Gasteiger charge is -2.09. The van der Waals surface area contributed by atoms with Crippen molar-refractivity contribution < 1.29 is 14.5 Å². The van der Waals surface area contributed by atoms with Gasteiger partial charge in [-0.3, -0.25) is 19.7 Å². The number of carbonyl (C=O) groups is 2. The number of hydrogen-bond acceptors (Lipinski definition) is 4. The van der Waals surface area contributed by atoms with Crippen molar-refractivity contribution in [1.29, 1.82) is 0 Å². The Bertz CT molecular complexity index is 802. The van der Waals surface area contributed by atoms with E-state index in [9.17, 15) is 19.7 Å². The Kier molecular flexibility index (Phi) is 5.26. The zero-order valence-corrected chi connectivity index (χ0v) is 13.3. The van der Waals surface area contributed by atoms with Crippen LogP contribution in [0.3, 0.4) is 0 Å². The molecule has 0 saturated heterocycles. The molecule has 0 radical (unpaired) electrons. The number of anilines is 1. The number of nitrogens with one attached hydrogen (secondary N) is 2. The molecule has 0 spiro atoms. The van der Waals surface area contributed by atoms with Gasteiger partial charge in [-0.15, -0.1) is 0 Å². The van der Waals surface area contributed by atoms with Crippen LogP contribution >= 0.6 is 0 Å². The molecule has 0 saturated carbocycles. The van der Waals surface area contributed by atoms with Crippen molar-refractivity contribution in [3.8, 4) is 0 Å². The molecule has 0 aliphatic heterocycles. The summed E-state index contributed by atoms with van der Waals surface area (Å²) in [7, 11) is 0. The second-order valence-corrected chi connectivity index (χ2v) is 5.12. The Morgan fingerprint density at radius 3 is 2.50 bits per heavy atom. The highest BCUT2D eigenvalue weighted by Gasteiger charge is 2.22. The first-order chi connectivity index (χ1) is 11.4. The highest BCUT2D eigenvalue weighted by atomic mass is 16.6. The largest absolute Gasteiger partial charge is 0.352 e. The third kappa shape index (κ3) is 3.75. The normalized spacial score (nSPS) is 10.1. The Morgan fingerprint density at radius 1 is 1.12 bits per heavy atom. The molecule has 0 aliphatic carbocycles. The first-order valence-corrected chi connectivity index (χ1v) is 7.37. The summed E-state index contributed by atoms with van der Waals surface area (Å²) >= 11 is 0. The predicted octanol–water partition coefficient (Wildman–Crippen LogP) is 2.91. The average Bonchev–Trinajstić information content (AvgIpc) is 2.54. The van der Waals surface area contributed by atoms with Gasteiger partial charge in [0.25, 0.3) is 17.5 Å². The summed E-state index contributed by atoms with van der Waals surface area (Å²) in [5, 5.41) is 16.4. The molecule has 2 rings (SSSR count). The van der Waals surface area contributed by atoms with E-state index in [1.165, 1.54) is 12.1 Å². The number of nitrogens with zero attached hydrogens (tertiary/aromatic N) is 1. The molecule has 124 valence electrons. The SMILES string of the molecule is CCNC(=O)c1cccc(NC(=O)c2cccc(C)c2[N+](=O)[O-])c1. The first kappa shape index (κ1) is 17.1. The fourth-order valence-electron chi connectivity index (χ4n) is 2.28. The van der Waals surface area contributed by atoms with E-state index in [0.29, 0.717) is 23.4 Å². The molecule has 0 atom stereocenters. The zero-order chi connectivity index (χ0) is 17.7. The summed E-state index contributed by atoms with van der Waals surface area (Å²) in [5.74, 6) is -0.853. The molecule has 0 heterocycles. The van der Waals surface area contributed by atoms with Gasteiger partial charge in [0.1, 0.15) is 5.56 Å². The smallest absolute Gasteiger partial charge is 0.285 e. The van der Waals surface area contributed by atoms with Gasteiger partial charge in [-0.2, -0.15) is 0 Å². The lowest BCUT2D eigenvalue weighted by molar-refractivity contribution is -0.385. The second-order valence-electron chi connectivity index (χ2n) is 5.12. The molecule has 0 fully saturated rings. The number of aryl methyl sites for hydroxylation is 1. The minimum atomic E-state index is -0.599. The fourth-order valence-corrected chi connectivity index (χ4v) is 2.28. The molecule has 2 aromatic carbocycles. The maximum atomic E-state index is 12.4. The van der Waals surface area contributed by atoms with Crippen LogP contribution in [0, 0.1) is 17.0 Å². The van der Waals surface area contributed by atoms with Gasteiger partial charge < -0.3 is 10.6 Å². The van der Waals surface area contributed by atoms with Crippen LogP contribution in [0.1, 0.15) is 33.2 Å². The quantitative estimate of drug-likeness (QED) is 0.651. The third-order valence-corrected chi connectivity index (χ3v) is 3.38. The van der Waals surface area contributed by atoms with E-state index in [1.807, 2.05) is 0 Å². The van der Waals surface area contributed by atoms with Gasteiger partial charge in [0.2, 0.25) is 0 Å². The lowest BCUT2D eigenvalue weighted by Crippen LogP contribution is -2.22. The van der Waals surface area contributed by atoms with Crippen LogP contribution in [0.15, 0.2) is 42.5 Å². The third-order valence-electron chi connectivity index (χ3n) is 3.38. The molecular formula is C17H17N3O4. The van der Waals surface area contributed by atoms with Crippen molar-refractivity contribution in [2.75, 3.05) is 11.9 Å². The van der Waals surface area contributed by atoms with Gasteiger partial charge >= 0.3 is 0 Å². The van der Waals surface area contributed by atoms with E-state index < -0.39 is 10.8 Å². The van der Waals surface area contributed by atoms with Gasteiger partial charge in [-0.1, -0.05) is 18.2 Å². The van der Waals surface area contributed by atoms with Crippen LogP contribution in [0.25, 0.3) is 0 Å². The monoisotopic (exact) mass is 327 g/mol. The maximum absolute atomic E-state index is 12.4. The molecule has 7 heteroatoms. The highest BCUT2D eigenvalue weighted by molar-refractivity contribution is 6.08. The zero-order valence-electron chi connectivity index (χ0n) is 13.3. The van der Waals surface area contributed by atoms with Crippen LogP contribution in [-0.2, 0) is 0 Å². The van der Waals surface area contributed by atoms with Crippen molar-refractivity contribution in [3.05, 3.63) is 69.3 Å². The minimum Gasteiger partial charge on any atom is -0.352 e. The van der Waals surface area contributed by atoms with Crippen molar-refractivity contribution in [3.63, 3.8) is 0 Å². The molecule has 0 bridgehead atoms. The molecule has 2 aromatic rings. The molecule has 2 N–H and O–H groups in total. The number of nitro groups is 1. The number of hydrogen-bond donors (Lipinski definition) is 2. The van der Waals surface area contributed by atoms with Crippen molar-refractivity contribution >= 4 is 23.2 Å². The van der Waals surface area contributed by atoms with Crippen LogP contribution in [0.4, 0.5) is 11.4 Å². The summed E-state index contributed by atoms with van der Waals surface area (Å²) in [6.45, 7) is 3.87. The molecule has 2 amide bonds. The van der Waals surface area contributed by atoms with E-state index in [0.717, 1.165) is 0 Å². The molecule has 0 aliphatic rings. The van der Waals surface area contributed by atoms with E-state index in [1.54, 1.807) is 44.2 Å². The van der Waals surface area contributed by atoms with Crippen LogP contribution in [-0.4, -0.2) is 23.3 Å². The Morgan fingerprint density at radius 2 is 1.83 bits per heavy atom. The van der Waals surface area contributed by atoms with E-state index in [2.05, 4.69) is 10.6 Å². The number of carbonyl (C=O) groups excluding carboxylic acids is 2. The molecule has 0 unspecified atom stereocenters. The maximum Gasteiger partial charge on any atom is 0.285 e. The Balaban J connectivity index is 2.28. The van der Waals surface area contributed by atoms with Gasteiger partial charge in [0.15, 0.2) is 0 Å². The summed E-state index contributed by atoms with van der Waals surface area (Å²) in [6, 6.07) is 10.9. The van der Waals surface area contributed by atoms with Crippen molar-refractivity contribution in [1.82, 2.24) is 5.32 Å². The second kappa shape index (κ2) is 7.36. The summed E-state index contributed by atoms with van der Waals surface area (Å²) in [6.07, 6.45) is 0. The highest BCUT2D eigenvalue weighted by Crippen LogP contribution is 2.24. The lowest BCUT2D eigenvalue weighted by atomic mass is 10.1. The standard InChI is InChI=1S/C17H17N3O4/c1-3-18-16(21)12-7-5-8-13(10-12)19-17(22)14-9-4-6-11(2)15(14)20(23)24/h4-10H,3H2,1-2H3,(H,18,21)(H,19,22). The Labute approximate surface area is 138 Å². The van der Waals surface area contributed by atoms with E-state index >= 15 is 0 Å². The number of rotatable bonds is 5. The van der Waals surface area contributed by atoms with E-state index in [-0.39, 0.29) is 17.2 Å². The van der Waals surface area contributed by atoms with Gasteiger partial charge in [-0.25, -0.2) is 0 Å². The predicted molar refractivity (Wildman–Crippen MR) is 90.2 cm³/mol. The van der Waals surface area contributed by atoms with Gasteiger partial charge in [0.05, 0.1) is 4.92 Å². The fraction of sp³-hybridized carbons (Fsp3) is 0.176. The molecular weight excluding hydrogens is 310 g/mol. The molecule has 24 heavy (non-hydrogen) atoms. The summed E-state index contributed by atoms with van der Waals surface area (Å²) in [5.41, 5.74) is 0.940. The van der Waals surface area contributed by atoms with Crippen molar-refractivity contribution in [2.24, 2.45) is 0 Å². The van der Waals surface area contributed by atoms with Crippen LogP contribution < -0.4 is 10.6 Å². The number of amides is 2. The van der Waals surface area contributed by atoms with Crippen LogP contribution in [0.2, 0.25) is 0 Å². The minimum absolute atomic E-state index is 0.0246. The number of para-hydroxylation sites is 1. The summed E-state index contributed by atoms with van der Waals surface area (Å²) in [4.78, 5) is 34.8. The topological polar surface area (TPSA) is 101 Å². The van der Waals surface area contributed by atoms with Gasteiger partial charge in [0, 0.05) is 23.4 Å². The number of benzene rings is 2. The van der Waals surface area contributed by atoms with Gasteiger partial charge in [-0.05, 0) is 38.1 Å². The van der Waals surface area contributed by atoms with Crippen LogP contribution in [0.5, 0.6) is 0 Å². The Hall–Kier alpha value is -3.22. The molecule has 0 aromatic heterocycles. The van der Waals surface area contributed by atoms with Crippen molar-refractivity contribution in [2.45, 2.75) is 13.8 Å². The first-order valence-electron chi connectivity index (χ1n) is 7.37. The van der Waals surface area contributed by atoms with E-state index in [4.69, 9.17) is 0 Å². The molecule has 7 nitrogen and oxygen atoms in total. The average molecular weight is 327 g/mol. The summed E-state index contributed by atoms with van der Waals surface area (Å²) < 4.78 is 0. The number of nitro benzene ring substituents is 1.